The summed E-state index contributed by atoms with van der Waals surface area (Å²) in [6.07, 6.45) is 7.28. The normalized spacial score (nSPS) is 15.0. The number of imidazole rings is 1. The van der Waals surface area contributed by atoms with E-state index in [9.17, 15) is 9.59 Å². The highest BCUT2D eigenvalue weighted by molar-refractivity contribution is 6.34. The molecule has 0 atom stereocenters. The molecule has 0 saturated carbocycles. The number of hydrogen-bond donors (Lipinski definition) is 2. The lowest BCUT2D eigenvalue weighted by Crippen LogP contribution is -2.46. The van der Waals surface area contributed by atoms with Gasteiger partial charge in [-0.3, -0.25) is 4.79 Å². The van der Waals surface area contributed by atoms with E-state index >= 15 is 0 Å². The minimum absolute atomic E-state index is 0.0205. The molecule has 2 aromatic rings. The molecule has 0 spiro atoms. The van der Waals surface area contributed by atoms with E-state index in [1.54, 1.807) is 41.7 Å². The van der Waals surface area contributed by atoms with Crippen LogP contribution in [0.1, 0.15) is 24.1 Å². The van der Waals surface area contributed by atoms with Crippen LogP contribution in [0.3, 0.4) is 0 Å². The van der Waals surface area contributed by atoms with Crippen molar-refractivity contribution in [3.05, 3.63) is 58.1 Å². The highest BCUT2D eigenvalue weighted by atomic mass is 35.5. The number of benzene rings is 1. The Kier molecular flexibility index (Phi) is 6.95. The molecular weight excluding hydrogens is 403 g/mol. The van der Waals surface area contributed by atoms with Crippen molar-refractivity contribution < 1.29 is 14.3 Å². The first-order valence-corrected chi connectivity index (χ1v) is 9.59. The van der Waals surface area contributed by atoms with E-state index < -0.39 is 0 Å². The molecule has 7 nitrogen and oxygen atoms in total. The topological polar surface area (TPSA) is 87.3 Å². The molecule has 0 aliphatic carbocycles. The van der Waals surface area contributed by atoms with Crippen molar-refractivity contribution in [1.82, 2.24) is 20.2 Å². The lowest BCUT2D eigenvalue weighted by atomic mass is 10.1. The molecule has 1 aliphatic heterocycles. The second-order valence-electron chi connectivity index (χ2n) is 6.43. The number of rotatable bonds is 5. The summed E-state index contributed by atoms with van der Waals surface area (Å²) in [4.78, 5) is 32.7. The molecule has 1 fully saturated rings. The molecule has 1 aromatic carbocycles. The maximum atomic E-state index is 12.2. The number of likely N-dealkylation sites (tertiary alicyclic amines) is 1. The molecule has 0 unspecified atom stereocenters. The quantitative estimate of drug-likeness (QED) is 0.719. The number of H-pyrrole nitrogens is 1. The number of hydrogen-bond acceptors (Lipinski definition) is 4. The Hall–Kier alpha value is -2.51. The molecule has 0 bridgehead atoms. The van der Waals surface area contributed by atoms with Gasteiger partial charge in [0, 0.05) is 41.4 Å². The minimum Gasteiger partial charge on any atom is -0.445 e. The van der Waals surface area contributed by atoms with Crippen LogP contribution in [0.15, 0.2) is 36.8 Å². The number of ether oxygens (including phenoxy) is 1. The van der Waals surface area contributed by atoms with Crippen molar-refractivity contribution >= 4 is 41.3 Å². The second kappa shape index (κ2) is 9.61. The number of aromatic nitrogens is 2. The van der Waals surface area contributed by atoms with E-state index in [0.717, 1.165) is 5.56 Å². The van der Waals surface area contributed by atoms with Crippen molar-refractivity contribution in [2.75, 3.05) is 13.1 Å². The van der Waals surface area contributed by atoms with Crippen LogP contribution >= 0.6 is 23.2 Å². The van der Waals surface area contributed by atoms with Crippen LogP contribution in [0.5, 0.6) is 0 Å². The van der Waals surface area contributed by atoms with E-state index in [2.05, 4.69) is 15.3 Å². The summed E-state index contributed by atoms with van der Waals surface area (Å²) in [6.45, 7) is 1.14. The predicted molar refractivity (Wildman–Crippen MR) is 107 cm³/mol. The van der Waals surface area contributed by atoms with Crippen LogP contribution in [-0.4, -0.2) is 46.0 Å². The molecule has 148 valence electrons. The first kappa shape index (κ1) is 20.2. The van der Waals surface area contributed by atoms with E-state index in [-0.39, 0.29) is 24.6 Å². The van der Waals surface area contributed by atoms with Gasteiger partial charge in [0.1, 0.15) is 6.61 Å². The van der Waals surface area contributed by atoms with Crippen LogP contribution < -0.4 is 5.32 Å². The second-order valence-corrected chi connectivity index (χ2v) is 7.30. The third-order valence-electron chi connectivity index (χ3n) is 4.31. The molecule has 1 aliphatic rings. The molecule has 1 saturated heterocycles. The molecule has 2 N–H and O–H groups in total. The molecule has 2 heterocycles. The summed E-state index contributed by atoms with van der Waals surface area (Å²) < 4.78 is 5.34. The van der Waals surface area contributed by atoms with Gasteiger partial charge in [-0.15, -0.1) is 0 Å². The van der Waals surface area contributed by atoms with Gasteiger partial charge in [0.15, 0.2) is 0 Å². The number of carbonyl (C=O) groups excluding carboxylic acids is 2. The maximum Gasteiger partial charge on any atom is 0.410 e. The monoisotopic (exact) mass is 422 g/mol. The summed E-state index contributed by atoms with van der Waals surface area (Å²) in [5.74, 6) is -0.179. The third kappa shape index (κ3) is 6.00. The van der Waals surface area contributed by atoms with Gasteiger partial charge in [-0.2, -0.15) is 0 Å². The fourth-order valence-corrected chi connectivity index (χ4v) is 3.48. The number of piperidine rings is 1. The Morgan fingerprint density at radius 2 is 1.96 bits per heavy atom. The highest BCUT2D eigenvalue weighted by Crippen LogP contribution is 2.20. The fourth-order valence-electron chi connectivity index (χ4n) is 2.91. The van der Waals surface area contributed by atoms with Gasteiger partial charge in [0.05, 0.1) is 12.0 Å². The third-order valence-corrected chi connectivity index (χ3v) is 4.75. The molecule has 3 rings (SSSR count). The Bertz CT molecular complexity index is 827. The molecule has 0 radical (unpaired) electrons. The van der Waals surface area contributed by atoms with E-state index in [4.69, 9.17) is 27.9 Å². The smallest absolute Gasteiger partial charge is 0.410 e. The Balaban J connectivity index is 1.40. The van der Waals surface area contributed by atoms with E-state index in [0.29, 0.717) is 41.7 Å². The van der Waals surface area contributed by atoms with Crippen molar-refractivity contribution in [2.45, 2.75) is 25.5 Å². The summed E-state index contributed by atoms with van der Waals surface area (Å²) in [6, 6.07) is 5.06. The van der Waals surface area contributed by atoms with Gasteiger partial charge in [-0.05, 0) is 42.7 Å². The minimum atomic E-state index is -0.390. The first-order chi connectivity index (χ1) is 13.5. The Morgan fingerprint density at radius 3 is 2.61 bits per heavy atom. The number of amides is 2. The standard InChI is InChI=1S/C19H20Cl2N4O3/c20-14-7-13(8-15(21)9-14)11-28-19(27)25-5-3-16(4-6-25)24-18(26)2-1-17-10-22-12-23-17/h1-2,7-10,12,16H,3-6,11H2,(H,22,23)(H,24,26). The van der Waals surface area contributed by atoms with Crippen LogP contribution in [0.25, 0.3) is 6.08 Å². The zero-order valence-corrected chi connectivity index (χ0v) is 16.5. The van der Waals surface area contributed by atoms with Crippen molar-refractivity contribution in [3.8, 4) is 0 Å². The number of halogens is 2. The zero-order chi connectivity index (χ0) is 19.9. The highest BCUT2D eigenvalue weighted by Gasteiger charge is 2.24. The predicted octanol–water partition coefficient (Wildman–Crippen LogP) is 3.65. The van der Waals surface area contributed by atoms with Gasteiger partial charge in [0.2, 0.25) is 5.91 Å². The molecular formula is C19H20Cl2N4O3. The summed E-state index contributed by atoms with van der Waals surface area (Å²) in [5.41, 5.74) is 1.42. The average Bonchev–Trinajstić information content (AvgIpc) is 3.18. The molecule has 9 heteroatoms. The van der Waals surface area contributed by atoms with Crippen LogP contribution in [0.2, 0.25) is 10.0 Å². The van der Waals surface area contributed by atoms with Crippen molar-refractivity contribution in [3.63, 3.8) is 0 Å². The van der Waals surface area contributed by atoms with E-state index in [1.165, 1.54) is 6.08 Å². The van der Waals surface area contributed by atoms with Crippen molar-refractivity contribution in [2.24, 2.45) is 0 Å². The number of nitrogens with one attached hydrogen (secondary N) is 2. The number of aromatic amines is 1. The van der Waals surface area contributed by atoms with Crippen LogP contribution in [0.4, 0.5) is 4.79 Å². The lowest BCUT2D eigenvalue weighted by Gasteiger charge is -2.31. The van der Waals surface area contributed by atoms with Gasteiger partial charge in [-0.25, -0.2) is 9.78 Å². The largest absolute Gasteiger partial charge is 0.445 e. The first-order valence-electron chi connectivity index (χ1n) is 8.83. The van der Waals surface area contributed by atoms with Gasteiger partial charge < -0.3 is 19.9 Å². The zero-order valence-electron chi connectivity index (χ0n) is 15.0. The summed E-state index contributed by atoms with van der Waals surface area (Å²) in [5, 5.41) is 3.93. The van der Waals surface area contributed by atoms with E-state index in [1.807, 2.05) is 0 Å². The molecule has 28 heavy (non-hydrogen) atoms. The SMILES string of the molecule is O=C(C=Cc1c[nH]cn1)NC1CCN(C(=O)OCc2cc(Cl)cc(Cl)c2)CC1. The number of nitrogens with zero attached hydrogens (tertiary/aromatic N) is 2. The van der Waals surface area contributed by atoms with Crippen LogP contribution in [0, 0.1) is 0 Å². The lowest BCUT2D eigenvalue weighted by molar-refractivity contribution is -0.117. The van der Waals surface area contributed by atoms with Crippen molar-refractivity contribution in [1.29, 1.82) is 0 Å². The average molecular weight is 423 g/mol. The molecule has 2 amide bonds. The van der Waals surface area contributed by atoms with Gasteiger partial charge in [0.25, 0.3) is 0 Å². The Labute approximate surface area is 172 Å². The van der Waals surface area contributed by atoms with Gasteiger partial charge >= 0.3 is 6.09 Å². The summed E-state index contributed by atoms with van der Waals surface area (Å²) in [7, 11) is 0. The van der Waals surface area contributed by atoms with Gasteiger partial charge in [-0.1, -0.05) is 23.2 Å². The van der Waals surface area contributed by atoms with Crippen LogP contribution in [-0.2, 0) is 16.1 Å². The fraction of sp³-hybridized carbons (Fsp3) is 0.316. The Morgan fingerprint density at radius 1 is 1.25 bits per heavy atom. The maximum absolute atomic E-state index is 12.2. The molecule has 1 aromatic heterocycles. The summed E-state index contributed by atoms with van der Waals surface area (Å²) >= 11 is 11.9. The number of carbonyl (C=O) groups is 2.